The Morgan fingerprint density at radius 1 is 0.969 bits per heavy atom. The van der Waals surface area contributed by atoms with Gasteiger partial charge in [-0.05, 0) is 30.2 Å². The van der Waals surface area contributed by atoms with E-state index in [9.17, 15) is 14.7 Å². The van der Waals surface area contributed by atoms with Crippen LogP contribution in [0.25, 0.3) is 0 Å². The third-order valence-corrected chi connectivity index (χ3v) is 5.65. The van der Waals surface area contributed by atoms with Crippen molar-refractivity contribution in [2.45, 2.75) is 19.9 Å². The molecule has 1 aliphatic heterocycles. The van der Waals surface area contributed by atoms with E-state index in [1.54, 1.807) is 35.2 Å². The molecule has 2 N–H and O–H groups in total. The minimum absolute atomic E-state index is 0.0878. The van der Waals surface area contributed by atoms with Crippen LogP contribution in [0.5, 0.6) is 17.2 Å². The van der Waals surface area contributed by atoms with Crippen LogP contribution in [0.1, 0.15) is 24.2 Å². The van der Waals surface area contributed by atoms with E-state index in [0.29, 0.717) is 43.2 Å². The Labute approximate surface area is 188 Å². The number of phenolic OH excluding ortho intramolecular Hbond substituents is 1. The van der Waals surface area contributed by atoms with Crippen molar-refractivity contribution in [3.8, 4) is 17.2 Å². The first-order chi connectivity index (χ1) is 15.3. The van der Waals surface area contributed by atoms with Crippen LogP contribution in [0.3, 0.4) is 0 Å². The van der Waals surface area contributed by atoms with Crippen molar-refractivity contribution in [1.82, 2.24) is 10.2 Å². The second-order valence-corrected chi connectivity index (χ2v) is 8.10. The van der Waals surface area contributed by atoms with Crippen LogP contribution < -0.4 is 19.7 Å². The van der Waals surface area contributed by atoms with Crippen molar-refractivity contribution in [1.29, 1.82) is 0 Å². The van der Waals surface area contributed by atoms with E-state index in [-0.39, 0.29) is 23.5 Å². The number of amides is 2. The molecule has 3 rings (SSSR count). The average Bonchev–Trinajstić information content (AvgIpc) is 2.81. The van der Waals surface area contributed by atoms with Crippen molar-refractivity contribution in [3.05, 3.63) is 48.0 Å². The molecule has 32 heavy (non-hydrogen) atoms. The zero-order valence-electron chi connectivity index (χ0n) is 19.0. The number of nitrogens with one attached hydrogen (secondary N) is 1. The summed E-state index contributed by atoms with van der Waals surface area (Å²) in [5.41, 5.74) is 1.13. The third-order valence-electron chi connectivity index (χ3n) is 5.65. The van der Waals surface area contributed by atoms with Crippen molar-refractivity contribution >= 4 is 17.5 Å². The maximum absolute atomic E-state index is 13.3. The summed E-state index contributed by atoms with van der Waals surface area (Å²) in [5, 5.41) is 13.0. The molecular formula is C24H31N3O5. The van der Waals surface area contributed by atoms with Gasteiger partial charge in [0.15, 0.2) is 0 Å². The molecule has 0 spiro atoms. The van der Waals surface area contributed by atoms with Crippen molar-refractivity contribution in [2.75, 3.05) is 45.3 Å². The molecule has 1 saturated heterocycles. The predicted molar refractivity (Wildman–Crippen MR) is 123 cm³/mol. The molecule has 2 aromatic carbocycles. The summed E-state index contributed by atoms with van der Waals surface area (Å²) >= 11 is 0. The van der Waals surface area contributed by atoms with Crippen LogP contribution in [0.4, 0.5) is 5.69 Å². The number of methoxy groups -OCH3 is 2. The van der Waals surface area contributed by atoms with E-state index >= 15 is 0 Å². The van der Waals surface area contributed by atoms with E-state index in [1.807, 2.05) is 26.0 Å². The maximum atomic E-state index is 13.3. The third kappa shape index (κ3) is 5.25. The van der Waals surface area contributed by atoms with E-state index in [2.05, 4.69) is 10.2 Å². The minimum atomic E-state index is -0.656. The van der Waals surface area contributed by atoms with Crippen LogP contribution in [0.15, 0.2) is 42.5 Å². The standard InChI is InChI=1S/C24H31N3O5/c1-16(2)22(25-23(29)17-13-18(31-3)15-19(14-17)32-4)24(30)27-11-9-26(10-12-27)20-7-5-6-8-21(20)28/h5-8,13-16,22,28H,9-12H2,1-4H3,(H,25,29)/t22-/m0/s1. The molecule has 1 fully saturated rings. The Bertz CT molecular complexity index is 932. The molecule has 0 unspecified atom stereocenters. The Hall–Kier alpha value is -3.42. The molecule has 0 bridgehead atoms. The highest BCUT2D eigenvalue weighted by atomic mass is 16.5. The molecule has 2 aromatic rings. The Balaban J connectivity index is 1.68. The van der Waals surface area contributed by atoms with Gasteiger partial charge < -0.3 is 29.7 Å². The van der Waals surface area contributed by atoms with E-state index in [0.717, 1.165) is 5.69 Å². The van der Waals surface area contributed by atoms with Gasteiger partial charge in [0.1, 0.15) is 23.3 Å². The first-order valence-corrected chi connectivity index (χ1v) is 10.7. The molecule has 0 aromatic heterocycles. The smallest absolute Gasteiger partial charge is 0.252 e. The zero-order valence-corrected chi connectivity index (χ0v) is 19.0. The molecule has 0 aliphatic carbocycles. The van der Waals surface area contributed by atoms with Crippen molar-refractivity contribution in [3.63, 3.8) is 0 Å². The van der Waals surface area contributed by atoms with Gasteiger partial charge in [-0.25, -0.2) is 0 Å². The average molecular weight is 442 g/mol. The molecule has 8 heteroatoms. The summed E-state index contributed by atoms with van der Waals surface area (Å²) < 4.78 is 10.5. The van der Waals surface area contributed by atoms with Crippen LogP contribution in [0.2, 0.25) is 0 Å². The van der Waals surface area contributed by atoms with Gasteiger partial charge in [0.2, 0.25) is 5.91 Å². The summed E-state index contributed by atoms with van der Waals surface area (Å²) in [6.45, 7) is 6.06. The lowest BCUT2D eigenvalue weighted by molar-refractivity contribution is -0.134. The summed E-state index contributed by atoms with van der Waals surface area (Å²) in [4.78, 5) is 30.0. The molecular weight excluding hydrogens is 410 g/mol. The first-order valence-electron chi connectivity index (χ1n) is 10.7. The van der Waals surface area contributed by atoms with E-state index in [1.165, 1.54) is 14.2 Å². The fraction of sp³-hybridized carbons (Fsp3) is 0.417. The van der Waals surface area contributed by atoms with Crippen LogP contribution in [-0.4, -0.2) is 68.3 Å². The molecule has 1 aliphatic rings. The monoisotopic (exact) mass is 441 g/mol. The fourth-order valence-corrected chi connectivity index (χ4v) is 3.77. The van der Waals surface area contributed by atoms with Gasteiger partial charge in [-0.2, -0.15) is 0 Å². The lowest BCUT2D eigenvalue weighted by Crippen LogP contribution is -2.56. The molecule has 2 amide bonds. The molecule has 1 heterocycles. The first kappa shape index (κ1) is 23.2. The van der Waals surface area contributed by atoms with Gasteiger partial charge in [0, 0.05) is 37.8 Å². The number of anilines is 1. The number of hydrogen-bond donors (Lipinski definition) is 2. The summed E-state index contributed by atoms with van der Waals surface area (Å²) in [5.74, 6) is 0.676. The predicted octanol–water partition coefficient (Wildman–Crippen LogP) is 2.51. The number of nitrogens with zero attached hydrogens (tertiary/aromatic N) is 2. The zero-order chi connectivity index (χ0) is 23.3. The lowest BCUT2D eigenvalue weighted by atomic mass is 10.0. The maximum Gasteiger partial charge on any atom is 0.252 e. The highest BCUT2D eigenvalue weighted by Crippen LogP contribution is 2.27. The highest BCUT2D eigenvalue weighted by molar-refractivity contribution is 5.98. The van der Waals surface area contributed by atoms with Crippen molar-refractivity contribution < 1.29 is 24.2 Å². The van der Waals surface area contributed by atoms with E-state index in [4.69, 9.17) is 9.47 Å². The van der Waals surface area contributed by atoms with Gasteiger partial charge in [0.25, 0.3) is 5.91 Å². The molecule has 0 radical (unpaired) electrons. The van der Waals surface area contributed by atoms with Gasteiger partial charge >= 0.3 is 0 Å². The number of benzene rings is 2. The molecule has 1 atom stereocenters. The Kier molecular flexibility index (Phi) is 7.45. The Morgan fingerprint density at radius 3 is 2.09 bits per heavy atom. The number of phenols is 1. The number of hydrogen-bond acceptors (Lipinski definition) is 6. The van der Waals surface area contributed by atoms with Crippen LogP contribution in [-0.2, 0) is 4.79 Å². The second kappa shape index (κ2) is 10.3. The number of para-hydroxylation sites is 2. The van der Waals surface area contributed by atoms with Gasteiger partial charge in [-0.1, -0.05) is 26.0 Å². The number of rotatable bonds is 7. The van der Waals surface area contributed by atoms with Gasteiger partial charge in [-0.3, -0.25) is 9.59 Å². The van der Waals surface area contributed by atoms with Crippen LogP contribution in [0, 0.1) is 5.92 Å². The number of carbonyl (C=O) groups is 2. The second-order valence-electron chi connectivity index (χ2n) is 8.10. The fourth-order valence-electron chi connectivity index (χ4n) is 3.77. The normalized spacial score (nSPS) is 14.8. The summed E-state index contributed by atoms with van der Waals surface area (Å²) in [7, 11) is 3.04. The number of piperazine rings is 1. The molecule has 172 valence electrons. The summed E-state index contributed by atoms with van der Waals surface area (Å²) in [6, 6.07) is 11.5. The quantitative estimate of drug-likeness (QED) is 0.686. The Morgan fingerprint density at radius 2 is 1.56 bits per heavy atom. The van der Waals surface area contributed by atoms with Gasteiger partial charge in [0.05, 0.1) is 19.9 Å². The van der Waals surface area contributed by atoms with Crippen molar-refractivity contribution in [2.24, 2.45) is 5.92 Å². The number of carbonyl (C=O) groups excluding carboxylic acids is 2. The number of aromatic hydroxyl groups is 1. The largest absolute Gasteiger partial charge is 0.506 e. The molecule has 0 saturated carbocycles. The van der Waals surface area contributed by atoms with Crippen LogP contribution >= 0.6 is 0 Å². The number of ether oxygens (including phenoxy) is 2. The lowest BCUT2D eigenvalue weighted by Gasteiger charge is -2.38. The highest BCUT2D eigenvalue weighted by Gasteiger charge is 2.31. The minimum Gasteiger partial charge on any atom is -0.506 e. The van der Waals surface area contributed by atoms with Gasteiger partial charge in [-0.15, -0.1) is 0 Å². The molecule has 8 nitrogen and oxygen atoms in total. The summed E-state index contributed by atoms with van der Waals surface area (Å²) in [6.07, 6.45) is 0. The topological polar surface area (TPSA) is 91.3 Å². The SMILES string of the molecule is COc1cc(OC)cc(C(=O)N[C@H](C(=O)N2CCN(c3ccccc3O)CC2)C(C)C)c1. The van der Waals surface area contributed by atoms with E-state index < -0.39 is 6.04 Å².